The van der Waals surface area contributed by atoms with Crippen molar-refractivity contribution in [3.8, 4) is 0 Å². The summed E-state index contributed by atoms with van der Waals surface area (Å²) >= 11 is 0. The lowest BCUT2D eigenvalue weighted by atomic mass is 9.99. The van der Waals surface area contributed by atoms with E-state index in [9.17, 15) is 4.79 Å². The van der Waals surface area contributed by atoms with Gasteiger partial charge in [0, 0.05) is 25.3 Å². The lowest BCUT2D eigenvalue weighted by Gasteiger charge is -2.32. The number of nitrogens with one attached hydrogen (secondary N) is 1. The fourth-order valence-corrected chi connectivity index (χ4v) is 2.34. The van der Waals surface area contributed by atoms with Gasteiger partial charge in [-0.3, -0.25) is 9.78 Å². The SMILES string of the molecule is CC1CCN(c2cncc(C(=O)NC(C)C)c2)CC1. The summed E-state index contributed by atoms with van der Waals surface area (Å²) in [5, 5.41) is 2.90. The summed E-state index contributed by atoms with van der Waals surface area (Å²) in [6.45, 7) is 8.32. The van der Waals surface area contributed by atoms with Gasteiger partial charge in [0.2, 0.25) is 0 Å². The highest BCUT2D eigenvalue weighted by Gasteiger charge is 2.17. The molecule has 0 aromatic carbocycles. The third-order valence-electron chi connectivity index (χ3n) is 3.55. The third kappa shape index (κ3) is 3.69. The number of nitrogens with zero attached hydrogens (tertiary/aromatic N) is 2. The van der Waals surface area contributed by atoms with Crippen LogP contribution in [0.4, 0.5) is 5.69 Å². The highest BCUT2D eigenvalue weighted by Crippen LogP contribution is 2.22. The predicted octanol–water partition coefficient (Wildman–Crippen LogP) is 2.46. The molecule has 2 rings (SSSR count). The Morgan fingerprint density at radius 1 is 1.37 bits per heavy atom. The molecule has 0 atom stereocenters. The summed E-state index contributed by atoms with van der Waals surface area (Å²) in [5.41, 5.74) is 1.70. The molecule has 0 unspecified atom stereocenters. The molecule has 2 heterocycles. The molecule has 1 saturated heterocycles. The Morgan fingerprint density at radius 3 is 2.68 bits per heavy atom. The summed E-state index contributed by atoms with van der Waals surface area (Å²) in [6.07, 6.45) is 5.90. The maximum Gasteiger partial charge on any atom is 0.253 e. The molecule has 1 aromatic heterocycles. The second-order valence-electron chi connectivity index (χ2n) is 5.73. The first-order chi connectivity index (χ1) is 9.06. The van der Waals surface area contributed by atoms with Crippen LogP contribution in [-0.2, 0) is 0 Å². The number of aromatic nitrogens is 1. The molecule has 104 valence electrons. The van der Waals surface area contributed by atoms with Crippen LogP contribution in [0.2, 0.25) is 0 Å². The molecule has 1 amide bonds. The van der Waals surface area contributed by atoms with Crippen molar-refractivity contribution in [2.75, 3.05) is 18.0 Å². The Kier molecular flexibility index (Phi) is 4.40. The zero-order chi connectivity index (χ0) is 13.8. The molecule has 1 fully saturated rings. The zero-order valence-corrected chi connectivity index (χ0v) is 12.0. The molecule has 0 saturated carbocycles. The van der Waals surface area contributed by atoms with Crippen LogP contribution in [0.25, 0.3) is 0 Å². The fourth-order valence-electron chi connectivity index (χ4n) is 2.34. The summed E-state index contributed by atoms with van der Waals surface area (Å²) in [6, 6.07) is 2.09. The van der Waals surface area contributed by atoms with Gasteiger partial charge in [-0.05, 0) is 38.7 Å². The van der Waals surface area contributed by atoms with E-state index >= 15 is 0 Å². The number of carbonyl (C=O) groups is 1. The maximum atomic E-state index is 12.0. The number of pyridine rings is 1. The summed E-state index contributed by atoms with van der Waals surface area (Å²) in [5.74, 6) is 0.756. The van der Waals surface area contributed by atoms with Crippen LogP contribution >= 0.6 is 0 Å². The van der Waals surface area contributed by atoms with E-state index in [0.717, 1.165) is 24.7 Å². The minimum Gasteiger partial charge on any atom is -0.370 e. The first kappa shape index (κ1) is 13.8. The Balaban J connectivity index is 2.08. The second kappa shape index (κ2) is 6.04. The maximum absolute atomic E-state index is 12.0. The van der Waals surface area contributed by atoms with E-state index in [1.807, 2.05) is 26.1 Å². The highest BCUT2D eigenvalue weighted by molar-refractivity contribution is 5.94. The van der Waals surface area contributed by atoms with Crippen LogP contribution in [0.15, 0.2) is 18.5 Å². The summed E-state index contributed by atoms with van der Waals surface area (Å²) in [4.78, 5) is 18.5. The topological polar surface area (TPSA) is 45.2 Å². The minimum atomic E-state index is -0.0465. The van der Waals surface area contributed by atoms with Crippen molar-refractivity contribution in [2.24, 2.45) is 5.92 Å². The van der Waals surface area contributed by atoms with E-state index in [0.29, 0.717) is 5.56 Å². The van der Waals surface area contributed by atoms with Crippen LogP contribution in [0, 0.1) is 5.92 Å². The molecular formula is C15H23N3O. The van der Waals surface area contributed by atoms with Crippen LogP contribution < -0.4 is 10.2 Å². The van der Waals surface area contributed by atoms with Crippen molar-refractivity contribution in [3.05, 3.63) is 24.0 Å². The largest absolute Gasteiger partial charge is 0.370 e. The molecule has 1 N–H and O–H groups in total. The highest BCUT2D eigenvalue weighted by atomic mass is 16.1. The number of amides is 1. The average Bonchev–Trinajstić information content (AvgIpc) is 2.39. The van der Waals surface area contributed by atoms with E-state index in [4.69, 9.17) is 0 Å². The van der Waals surface area contributed by atoms with Gasteiger partial charge in [0.15, 0.2) is 0 Å². The summed E-state index contributed by atoms with van der Waals surface area (Å²) < 4.78 is 0. The van der Waals surface area contributed by atoms with Crippen molar-refractivity contribution in [1.29, 1.82) is 0 Å². The van der Waals surface area contributed by atoms with E-state index < -0.39 is 0 Å². The molecular weight excluding hydrogens is 238 g/mol. The van der Waals surface area contributed by atoms with Crippen molar-refractivity contribution < 1.29 is 4.79 Å². The molecule has 1 aliphatic heterocycles. The molecule has 1 aromatic rings. The molecule has 0 bridgehead atoms. The summed E-state index contributed by atoms with van der Waals surface area (Å²) in [7, 11) is 0. The monoisotopic (exact) mass is 261 g/mol. The molecule has 1 aliphatic rings. The predicted molar refractivity (Wildman–Crippen MR) is 77.5 cm³/mol. The van der Waals surface area contributed by atoms with Crippen molar-refractivity contribution in [1.82, 2.24) is 10.3 Å². The van der Waals surface area contributed by atoms with Crippen LogP contribution in [0.1, 0.15) is 44.0 Å². The number of hydrogen-bond donors (Lipinski definition) is 1. The van der Waals surface area contributed by atoms with Gasteiger partial charge in [-0.1, -0.05) is 6.92 Å². The van der Waals surface area contributed by atoms with Crippen LogP contribution in [0.5, 0.6) is 0 Å². The zero-order valence-electron chi connectivity index (χ0n) is 12.0. The third-order valence-corrected chi connectivity index (χ3v) is 3.55. The standard InChI is InChI=1S/C15H23N3O/c1-11(2)17-15(19)13-8-14(10-16-9-13)18-6-4-12(3)5-7-18/h8-12H,4-7H2,1-3H3,(H,17,19). The van der Waals surface area contributed by atoms with Gasteiger partial charge in [-0.25, -0.2) is 0 Å². The van der Waals surface area contributed by atoms with Crippen LogP contribution in [0.3, 0.4) is 0 Å². The molecule has 19 heavy (non-hydrogen) atoms. The Morgan fingerprint density at radius 2 is 2.05 bits per heavy atom. The van der Waals surface area contributed by atoms with E-state index in [-0.39, 0.29) is 11.9 Å². The van der Waals surface area contributed by atoms with Gasteiger partial charge < -0.3 is 10.2 Å². The number of rotatable bonds is 3. The normalized spacial score (nSPS) is 16.7. The molecule has 0 radical (unpaired) electrons. The minimum absolute atomic E-state index is 0.0465. The Labute approximate surface area is 115 Å². The number of hydrogen-bond acceptors (Lipinski definition) is 3. The van der Waals surface area contributed by atoms with Crippen LogP contribution in [-0.4, -0.2) is 30.0 Å². The molecule has 4 nitrogen and oxygen atoms in total. The van der Waals surface area contributed by atoms with Crippen molar-refractivity contribution in [2.45, 2.75) is 39.7 Å². The number of anilines is 1. The van der Waals surface area contributed by atoms with Gasteiger partial charge in [0.25, 0.3) is 5.91 Å². The Hall–Kier alpha value is -1.58. The second-order valence-corrected chi connectivity index (χ2v) is 5.73. The Bertz CT molecular complexity index is 437. The van der Waals surface area contributed by atoms with Gasteiger partial charge in [0.05, 0.1) is 17.4 Å². The smallest absolute Gasteiger partial charge is 0.253 e. The molecule has 0 aliphatic carbocycles. The number of carbonyl (C=O) groups excluding carboxylic acids is 1. The molecule has 4 heteroatoms. The van der Waals surface area contributed by atoms with Gasteiger partial charge in [-0.2, -0.15) is 0 Å². The van der Waals surface area contributed by atoms with E-state index in [1.165, 1.54) is 12.8 Å². The van der Waals surface area contributed by atoms with Crippen molar-refractivity contribution in [3.63, 3.8) is 0 Å². The van der Waals surface area contributed by atoms with Gasteiger partial charge in [-0.15, -0.1) is 0 Å². The molecule has 0 spiro atoms. The van der Waals surface area contributed by atoms with Crippen molar-refractivity contribution >= 4 is 11.6 Å². The number of piperidine rings is 1. The quantitative estimate of drug-likeness (QED) is 0.909. The first-order valence-corrected chi connectivity index (χ1v) is 7.07. The fraction of sp³-hybridized carbons (Fsp3) is 0.600. The lowest BCUT2D eigenvalue weighted by Crippen LogP contribution is -2.33. The van der Waals surface area contributed by atoms with Gasteiger partial charge in [0.1, 0.15) is 0 Å². The van der Waals surface area contributed by atoms with Gasteiger partial charge >= 0.3 is 0 Å². The lowest BCUT2D eigenvalue weighted by molar-refractivity contribution is 0.0943. The van der Waals surface area contributed by atoms with E-state index in [2.05, 4.69) is 22.1 Å². The van der Waals surface area contributed by atoms with E-state index in [1.54, 1.807) is 6.20 Å². The first-order valence-electron chi connectivity index (χ1n) is 7.07. The average molecular weight is 261 g/mol.